The molecule has 0 aliphatic heterocycles. The number of halogens is 1. The molecule has 0 bridgehead atoms. The van der Waals surface area contributed by atoms with Crippen LogP contribution in [0.1, 0.15) is 33.6 Å². The number of fused-ring (bicyclic) bond motifs is 1. The van der Waals surface area contributed by atoms with Crippen LogP contribution in [-0.4, -0.2) is 37.1 Å². The monoisotopic (exact) mass is 357 g/mol. The molecule has 0 saturated heterocycles. The molecule has 3 aromatic rings. The molecule has 0 spiro atoms. The minimum absolute atomic E-state index is 0.341. The Morgan fingerprint density at radius 1 is 1.19 bits per heavy atom. The summed E-state index contributed by atoms with van der Waals surface area (Å²) >= 11 is 0. The van der Waals surface area contributed by atoms with Gasteiger partial charge in [-0.05, 0) is 49.9 Å². The maximum Gasteiger partial charge on any atom is 0.188 e. The first kappa shape index (κ1) is 18.3. The molecule has 7 heteroatoms. The lowest BCUT2D eigenvalue weighted by Gasteiger charge is -2.24. The van der Waals surface area contributed by atoms with Crippen molar-refractivity contribution in [2.45, 2.75) is 39.2 Å². The maximum atomic E-state index is 14.1. The van der Waals surface area contributed by atoms with Gasteiger partial charge in [0, 0.05) is 6.54 Å². The first-order valence-corrected chi connectivity index (χ1v) is 8.79. The van der Waals surface area contributed by atoms with Gasteiger partial charge >= 0.3 is 0 Å². The summed E-state index contributed by atoms with van der Waals surface area (Å²) in [5, 5.41) is 26.2. The fourth-order valence-corrected chi connectivity index (χ4v) is 2.66. The smallest absolute Gasteiger partial charge is 0.188 e. The van der Waals surface area contributed by atoms with Gasteiger partial charge in [0.15, 0.2) is 11.5 Å². The van der Waals surface area contributed by atoms with Gasteiger partial charge in [-0.2, -0.15) is 4.52 Å². The normalized spacial score (nSPS) is 13.9. The topological polar surface area (TPSA) is 75.3 Å². The van der Waals surface area contributed by atoms with Crippen LogP contribution in [-0.2, 0) is 0 Å². The van der Waals surface area contributed by atoms with E-state index in [0.29, 0.717) is 41.7 Å². The molecule has 1 aromatic carbocycles. The molecule has 0 radical (unpaired) electrons. The van der Waals surface area contributed by atoms with Gasteiger partial charge in [0.05, 0.1) is 11.2 Å². The highest BCUT2D eigenvalue weighted by atomic mass is 19.1. The third-order valence-corrected chi connectivity index (χ3v) is 4.29. The molecule has 1 unspecified atom stereocenters. The molecule has 0 aliphatic rings. The Morgan fingerprint density at radius 2 is 1.96 bits per heavy atom. The van der Waals surface area contributed by atoms with Gasteiger partial charge < -0.3 is 10.4 Å². The molecule has 2 N–H and O–H groups in total. The van der Waals surface area contributed by atoms with E-state index < -0.39 is 5.60 Å². The lowest BCUT2D eigenvalue weighted by atomic mass is 9.95. The van der Waals surface area contributed by atoms with Crippen molar-refractivity contribution in [2.75, 3.05) is 11.9 Å². The van der Waals surface area contributed by atoms with Crippen LogP contribution in [0.3, 0.4) is 0 Å². The Kier molecular flexibility index (Phi) is 5.18. The number of aromatic nitrogens is 4. The maximum absolute atomic E-state index is 14.1. The molecule has 138 valence electrons. The van der Waals surface area contributed by atoms with Gasteiger partial charge in [-0.1, -0.05) is 26.0 Å². The molecular weight excluding hydrogens is 333 g/mol. The predicted molar refractivity (Wildman–Crippen MR) is 99.4 cm³/mol. The Morgan fingerprint density at radius 3 is 2.69 bits per heavy atom. The molecule has 26 heavy (non-hydrogen) atoms. The summed E-state index contributed by atoms with van der Waals surface area (Å²) in [7, 11) is 0. The van der Waals surface area contributed by atoms with Crippen molar-refractivity contribution in [1.29, 1.82) is 0 Å². The summed E-state index contributed by atoms with van der Waals surface area (Å²) in [6.45, 7) is 6.45. The van der Waals surface area contributed by atoms with Crippen LogP contribution in [0, 0.1) is 11.7 Å². The Labute approximate surface area is 152 Å². The highest BCUT2D eigenvalue weighted by Gasteiger charge is 2.21. The zero-order valence-electron chi connectivity index (χ0n) is 15.3. The minimum atomic E-state index is -0.831. The highest BCUT2D eigenvalue weighted by Crippen LogP contribution is 2.22. The van der Waals surface area contributed by atoms with Gasteiger partial charge in [0.1, 0.15) is 11.6 Å². The molecule has 6 nitrogen and oxygen atoms in total. The first-order valence-electron chi connectivity index (χ1n) is 8.79. The number of nitrogens with zero attached hydrogens (tertiary/aromatic N) is 4. The summed E-state index contributed by atoms with van der Waals surface area (Å²) in [6, 6.07) is 9.92. The van der Waals surface area contributed by atoms with E-state index in [9.17, 15) is 9.50 Å². The third kappa shape index (κ3) is 4.16. The highest BCUT2D eigenvalue weighted by molar-refractivity contribution is 5.60. The first-order chi connectivity index (χ1) is 12.4. The van der Waals surface area contributed by atoms with E-state index in [1.165, 1.54) is 10.6 Å². The summed E-state index contributed by atoms with van der Waals surface area (Å²) in [6.07, 6.45) is 1.65. The SMILES string of the molecule is CC(C)CCC(C)(O)CNc1ccc2nnc(-c3ccccc3F)n2n1. The van der Waals surface area contributed by atoms with E-state index >= 15 is 0 Å². The average molecular weight is 357 g/mol. The number of anilines is 1. The number of aliphatic hydroxyl groups is 1. The molecule has 2 heterocycles. The molecule has 0 saturated carbocycles. The number of nitrogens with one attached hydrogen (secondary N) is 1. The van der Waals surface area contributed by atoms with Crippen LogP contribution in [0.5, 0.6) is 0 Å². The van der Waals surface area contributed by atoms with Crippen molar-refractivity contribution in [2.24, 2.45) is 5.92 Å². The van der Waals surface area contributed by atoms with Crippen LogP contribution in [0.25, 0.3) is 17.0 Å². The largest absolute Gasteiger partial charge is 0.388 e. The minimum Gasteiger partial charge on any atom is -0.388 e. The summed E-state index contributed by atoms with van der Waals surface area (Å²) in [5.41, 5.74) is 0.0385. The molecule has 1 atom stereocenters. The van der Waals surface area contributed by atoms with Crippen molar-refractivity contribution in [3.63, 3.8) is 0 Å². The number of rotatable bonds is 7. The number of hydrogen-bond donors (Lipinski definition) is 2. The van der Waals surface area contributed by atoms with Crippen molar-refractivity contribution >= 4 is 11.5 Å². The van der Waals surface area contributed by atoms with E-state index in [0.717, 1.165) is 6.42 Å². The van der Waals surface area contributed by atoms with E-state index in [1.807, 2.05) is 6.92 Å². The van der Waals surface area contributed by atoms with Gasteiger partial charge in [0.2, 0.25) is 0 Å². The summed E-state index contributed by atoms with van der Waals surface area (Å²) < 4.78 is 15.6. The van der Waals surface area contributed by atoms with E-state index in [1.54, 1.807) is 30.3 Å². The standard InChI is InChI=1S/C19H24FN5O/c1-13(2)10-11-19(3,26)12-21-16-8-9-17-22-23-18(25(17)24-16)14-6-4-5-7-15(14)20/h4-9,13,26H,10-12H2,1-3H3,(H,21,24). The quantitative estimate of drug-likeness (QED) is 0.676. The van der Waals surface area contributed by atoms with Gasteiger partial charge in [-0.25, -0.2) is 4.39 Å². The van der Waals surface area contributed by atoms with Crippen LogP contribution in [0.2, 0.25) is 0 Å². The molecule has 0 aliphatic carbocycles. The average Bonchev–Trinajstić information content (AvgIpc) is 3.02. The Hall–Kier alpha value is -2.54. The lowest BCUT2D eigenvalue weighted by molar-refractivity contribution is 0.0585. The molecular formula is C19H24FN5O. The van der Waals surface area contributed by atoms with Crippen LogP contribution < -0.4 is 5.32 Å². The predicted octanol–water partition coefficient (Wildman–Crippen LogP) is 3.53. The number of hydrogen-bond acceptors (Lipinski definition) is 5. The second-order valence-electron chi connectivity index (χ2n) is 7.28. The summed E-state index contributed by atoms with van der Waals surface area (Å²) in [4.78, 5) is 0. The van der Waals surface area contributed by atoms with Gasteiger partial charge in [0.25, 0.3) is 0 Å². The summed E-state index contributed by atoms with van der Waals surface area (Å²) in [5.74, 6) is 1.07. The fourth-order valence-electron chi connectivity index (χ4n) is 2.66. The van der Waals surface area contributed by atoms with Gasteiger partial charge in [-0.15, -0.1) is 15.3 Å². The molecule has 0 amide bonds. The second-order valence-corrected chi connectivity index (χ2v) is 7.28. The van der Waals surface area contributed by atoms with E-state index in [-0.39, 0.29) is 5.82 Å². The van der Waals surface area contributed by atoms with Crippen molar-refractivity contribution in [3.05, 3.63) is 42.2 Å². The van der Waals surface area contributed by atoms with Crippen molar-refractivity contribution in [3.8, 4) is 11.4 Å². The molecule has 2 aromatic heterocycles. The van der Waals surface area contributed by atoms with Crippen LogP contribution >= 0.6 is 0 Å². The van der Waals surface area contributed by atoms with Gasteiger partial charge in [-0.3, -0.25) is 0 Å². The van der Waals surface area contributed by atoms with Crippen LogP contribution in [0.4, 0.5) is 10.2 Å². The Balaban J connectivity index is 1.81. The van der Waals surface area contributed by atoms with E-state index in [2.05, 4.69) is 34.5 Å². The molecule has 0 fully saturated rings. The van der Waals surface area contributed by atoms with Crippen molar-refractivity contribution < 1.29 is 9.50 Å². The second kappa shape index (κ2) is 7.37. The zero-order chi connectivity index (χ0) is 18.7. The van der Waals surface area contributed by atoms with Crippen LogP contribution in [0.15, 0.2) is 36.4 Å². The third-order valence-electron chi connectivity index (χ3n) is 4.29. The lowest BCUT2D eigenvalue weighted by Crippen LogP contribution is -2.34. The molecule has 3 rings (SSSR count). The van der Waals surface area contributed by atoms with E-state index in [4.69, 9.17) is 0 Å². The van der Waals surface area contributed by atoms with Crippen molar-refractivity contribution in [1.82, 2.24) is 19.8 Å². The fraction of sp³-hybridized carbons (Fsp3) is 0.421. The Bertz CT molecular complexity index is 891. The zero-order valence-corrected chi connectivity index (χ0v) is 15.3. The number of benzene rings is 1.